The minimum Gasteiger partial charge on any atom is -0.306 e. The molecule has 2 nitrogen and oxygen atoms in total. The zero-order chi connectivity index (χ0) is 12.0. The van der Waals surface area contributed by atoms with E-state index in [2.05, 4.69) is 11.9 Å². The normalized spacial score (nSPS) is 28.7. The molecule has 90 valence electrons. The van der Waals surface area contributed by atoms with Crippen molar-refractivity contribution >= 4 is 5.78 Å². The standard InChI is InChI=1S/C14H16FNO/c1-16-5-4-9-6-14(17)11-3-2-10(15)7-12(11)13(9)8-16/h2-3,7,9,13H,4-6,8H2,1H3/t9-,13-/m0/s1. The van der Waals surface area contributed by atoms with Crippen LogP contribution in [-0.4, -0.2) is 30.8 Å². The largest absolute Gasteiger partial charge is 0.306 e. The van der Waals surface area contributed by atoms with Gasteiger partial charge in [0.15, 0.2) is 5.78 Å². The Morgan fingerprint density at radius 3 is 3.06 bits per heavy atom. The lowest BCUT2D eigenvalue weighted by Crippen LogP contribution is -2.40. The number of halogens is 1. The summed E-state index contributed by atoms with van der Waals surface area (Å²) in [4.78, 5) is 14.3. The van der Waals surface area contributed by atoms with Gasteiger partial charge >= 0.3 is 0 Å². The Balaban J connectivity index is 2.06. The maximum absolute atomic E-state index is 13.4. The molecule has 0 radical (unpaired) electrons. The molecule has 1 fully saturated rings. The van der Waals surface area contributed by atoms with Gasteiger partial charge in [-0.3, -0.25) is 4.79 Å². The zero-order valence-corrected chi connectivity index (χ0v) is 9.95. The fraction of sp³-hybridized carbons (Fsp3) is 0.500. The summed E-state index contributed by atoms with van der Waals surface area (Å²) in [6, 6.07) is 4.60. The monoisotopic (exact) mass is 233 g/mol. The van der Waals surface area contributed by atoms with Crippen LogP contribution in [0.5, 0.6) is 0 Å². The topological polar surface area (TPSA) is 20.3 Å². The molecular weight excluding hydrogens is 217 g/mol. The number of benzene rings is 1. The highest BCUT2D eigenvalue weighted by Gasteiger charge is 2.37. The molecular formula is C14H16FNO. The summed E-state index contributed by atoms with van der Waals surface area (Å²) in [5.74, 6) is 0.696. The van der Waals surface area contributed by atoms with Gasteiger partial charge in [0.1, 0.15) is 5.82 Å². The van der Waals surface area contributed by atoms with Gasteiger partial charge in [-0.25, -0.2) is 4.39 Å². The molecule has 1 aliphatic heterocycles. The second kappa shape index (κ2) is 3.91. The zero-order valence-electron chi connectivity index (χ0n) is 9.95. The number of rotatable bonds is 0. The van der Waals surface area contributed by atoms with E-state index in [0.29, 0.717) is 18.3 Å². The highest BCUT2D eigenvalue weighted by molar-refractivity contribution is 5.99. The number of likely N-dealkylation sites (tertiary alicyclic amines) is 1. The predicted octanol–water partition coefficient (Wildman–Crippen LogP) is 2.45. The lowest BCUT2D eigenvalue weighted by Gasteiger charge is -2.40. The maximum Gasteiger partial charge on any atom is 0.163 e. The van der Waals surface area contributed by atoms with Crippen molar-refractivity contribution in [3.05, 3.63) is 35.1 Å². The molecule has 2 aliphatic rings. The number of nitrogens with zero attached hydrogens (tertiary/aromatic N) is 1. The van der Waals surface area contributed by atoms with Gasteiger partial charge < -0.3 is 4.90 Å². The predicted molar refractivity (Wildman–Crippen MR) is 63.7 cm³/mol. The van der Waals surface area contributed by atoms with E-state index in [4.69, 9.17) is 0 Å². The molecule has 3 rings (SSSR count). The lowest BCUT2D eigenvalue weighted by molar-refractivity contribution is 0.0887. The first kappa shape index (κ1) is 10.9. The maximum atomic E-state index is 13.4. The minimum atomic E-state index is -0.231. The number of ketones is 1. The Labute approximate surface area is 100 Å². The Morgan fingerprint density at radius 1 is 1.41 bits per heavy atom. The fourth-order valence-electron chi connectivity index (χ4n) is 3.20. The molecule has 3 heteroatoms. The third kappa shape index (κ3) is 1.78. The molecule has 1 heterocycles. The summed E-state index contributed by atoms with van der Waals surface area (Å²) in [6.45, 7) is 1.98. The Bertz CT molecular complexity index is 471. The van der Waals surface area contributed by atoms with E-state index in [1.807, 2.05) is 0 Å². The molecule has 17 heavy (non-hydrogen) atoms. The number of likely N-dealkylation sites (N-methyl/N-ethyl adjacent to an activating group) is 1. The van der Waals surface area contributed by atoms with Crippen LogP contribution in [0.4, 0.5) is 4.39 Å². The first-order valence-electron chi connectivity index (χ1n) is 6.16. The smallest absolute Gasteiger partial charge is 0.163 e. The van der Waals surface area contributed by atoms with Crippen LogP contribution in [0.2, 0.25) is 0 Å². The van der Waals surface area contributed by atoms with Crippen LogP contribution in [0.25, 0.3) is 0 Å². The fourth-order valence-corrected chi connectivity index (χ4v) is 3.20. The summed E-state index contributed by atoms with van der Waals surface area (Å²) < 4.78 is 13.4. The second-order valence-corrected chi connectivity index (χ2v) is 5.28. The van der Waals surface area contributed by atoms with E-state index < -0.39 is 0 Å². The summed E-state index contributed by atoms with van der Waals surface area (Å²) in [7, 11) is 2.09. The number of carbonyl (C=O) groups excluding carboxylic acids is 1. The Kier molecular flexibility index (Phi) is 2.51. The van der Waals surface area contributed by atoms with Gasteiger partial charge in [0.25, 0.3) is 0 Å². The summed E-state index contributed by atoms with van der Waals surface area (Å²) in [6.07, 6.45) is 1.68. The molecule has 0 spiro atoms. The van der Waals surface area contributed by atoms with Crippen LogP contribution in [0, 0.1) is 11.7 Å². The average Bonchev–Trinajstić information content (AvgIpc) is 2.30. The van der Waals surface area contributed by atoms with Gasteiger partial charge in [-0.1, -0.05) is 0 Å². The summed E-state index contributed by atoms with van der Waals surface area (Å²) in [5, 5.41) is 0. The highest BCUT2D eigenvalue weighted by atomic mass is 19.1. The van der Waals surface area contributed by atoms with Crippen LogP contribution in [-0.2, 0) is 0 Å². The lowest BCUT2D eigenvalue weighted by atomic mass is 9.71. The van der Waals surface area contributed by atoms with Crippen LogP contribution in [0.3, 0.4) is 0 Å². The SMILES string of the molecule is CN1CC[C@H]2CC(=O)c3ccc(F)cc3[C@H]2C1. The number of hydrogen-bond acceptors (Lipinski definition) is 2. The molecule has 0 bridgehead atoms. The van der Waals surface area contributed by atoms with Crippen molar-refractivity contribution in [2.24, 2.45) is 5.92 Å². The van der Waals surface area contributed by atoms with Crippen LogP contribution in [0.1, 0.15) is 34.7 Å². The minimum absolute atomic E-state index is 0.186. The third-order valence-corrected chi connectivity index (χ3v) is 4.12. The number of Topliss-reactive ketones (excluding diaryl/α,β-unsaturated/α-hetero) is 1. The third-order valence-electron chi connectivity index (χ3n) is 4.12. The molecule has 1 aliphatic carbocycles. The number of piperidine rings is 1. The first-order chi connectivity index (χ1) is 8.15. The van der Waals surface area contributed by atoms with Crippen molar-refractivity contribution < 1.29 is 9.18 Å². The van der Waals surface area contributed by atoms with Crippen molar-refractivity contribution in [2.75, 3.05) is 20.1 Å². The van der Waals surface area contributed by atoms with Crippen LogP contribution < -0.4 is 0 Å². The molecule has 0 saturated carbocycles. The van der Waals surface area contributed by atoms with Gasteiger partial charge in [-0.2, -0.15) is 0 Å². The summed E-state index contributed by atoms with van der Waals surface area (Å²) in [5.41, 5.74) is 1.67. The van der Waals surface area contributed by atoms with E-state index in [-0.39, 0.29) is 11.6 Å². The van der Waals surface area contributed by atoms with E-state index >= 15 is 0 Å². The van der Waals surface area contributed by atoms with E-state index in [9.17, 15) is 9.18 Å². The molecule has 0 unspecified atom stereocenters. The number of fused-ring (bicyclic) bond motifs is 3. The molecule has 1 aromatic rings. The van der Waals surface area contributed by atoms with Crippen molar-refractivity contribution in [1.82, 2.24) is 4.90 Å². The molecule has 1 aromatic carbocycles. The number of hydrogen-bond donors (Lipinski definition) is 0. The van der Waals surface area contributed by atoms with Crippen LogP contribution in [0.15, 0.2) is 18.2 Å². The first-order valence-corrected chi connectivity index (χ1v) is 6.16. The molecule has 1 saturated heterocycles. The average molecular weight is 233 g/mol. The van der Waals surface area contributed by atoms with Crippen molar-refractivity contribution in [3.63, 3.8) is 0 Å². The van der Waals surface area contributed by atoms with E-state index in [1.54, 1.807) is 12.1 Å². The van der Waals surface area contributed by atoms with Crippen molar-refractivity contribution in [2.45, 2.75) is 18.8 Å². The van der Waals surface area contributed by atoms with Gasteiger partial charge in [0, 0.05) is 24.4 Å². The van der Waals surface area contributed by atoms with Gasteiger partial charge in [0.05, 0.1) is 0 Å². The Morgan fingerprint density at radius 2 is 2.24 bits per heavy atom. The van der Waals surface area contributed by atoms with Crippen molar-refractivity contribution in [3.8, 4) is 0 Å². The molecule has 0 amide bonds. The number of carbonyl (C=O) groups is 1. The van der Waals surface area contributed by atoms with E-state index in [1.165, 1.54) is 6.07 Å². The van der Waals surface area contributed by atoms with Gasteiger partial charge in [-0.05, 0) is 49.7 Å². The Hall–Kier alpha value is -1.22. The van der Waals surface area contributed by atoms with Gasteiger partial charge in [-0.15, -0.1) is 0 Å². The quantitative estimate of drug-likeness (QED) is 0.686. The highest BCUT2D eigenvalue weighted by Crippen LogP contribution is 2.40. The summed E-state index contributed by atoms with van der Waals surface area (Å²) >= 11 is 0. The van der Waals surface area contributed by atoms with Gasteiger partial charge in [0.2, 0.25) is 0 Å². The molecule has 0 N–H and O–H groups in total. The van der Waals surface area contributed by atoms with Crippen LogP contribution >= 0.6 is 0 Å². The molecule has 0 aromatic heterocycles. The van der Waals surface area contributed by atoms with Crippen molar-refractivity contribution in [1.29, 1.82) is 0 Å². The second-order valence-electron chi connectivity index (χ2n) is 5.28. The molecule has 2 atom stereocenters. The van der Waals surface area contributed by atoms with E-state index in [0.717, 1.165) is 30.6 Å².